The Morgan fingerprint density at radius 1 is 0.321 bits per heavy atom. The van der Waals surface area contributed by atoms with Crippen LogP contribution in [-0.2, 0) is 18.3 Å². The van der Waals surface area contributed by atoms with Gasteiger partial charge in [-0.05, 0) is 125 Å². The summed E-state index contributed by atoms with van der Waals surface area (Å²) in [5.41, 5.74) is 14.4. The van der Waals surface area contributed by atoms with E-state index in [0.29, 0.717) is 0 Å². The fourth-order valence-corrected chi connectivity index (χ4v) is 11.4. The molecule has 0 fully saturated rings. The van der Waals surface area contributed by atoms with E-state index in [1.807, 2.05) is 27.7 Å². The Kier molecular flexibility index (Phi) is 18.9. The van der Waals surface area contributed by atoms with Crippen LogP contribution in [0.1, 0.15) is 74.9 Å². The van der Waals surface area contributed by atoms with Gasteiger partial charge in [-0.3, -0.25) is 0 Å². The SMILES string of the molecule is CC.CC.CCc1ccc(CC)cc1.CO.CO.c1ccc(C2(c3ccccc3)c3ccccc3-c3ccccc32)cc1.c1ccc2cc3c(-n4c5ccc6ccccc6c5c5c6ccccc6ccc54)cccc3cc2c1. The quantitative estimate of drug-likeness (QED) is 0.169. The average Bonchev–Trinajstić information content (AvgIpc) is 4.12. The van der Waals surface area contributed by atoms with E-state index in [4.69, 9.17) is 10.2 Å². The van der Waals surface area contributed by atoms with Crippen molar-refractivity contribution in [2.75, 3.05) is 14.2 Å². The lowest BCUT2D eigenvalue weighted by molar-refractivity contribution is 0.399. The summed E-state index contributed by atoms with van der Waals surface area (Å²) < 4.78 is 2.47. The van der Waals surface area contributed by atoms with Crippen LogP contribution in [0.15, 0.2) is 261 Å². The highest BCUT2D eigenvalue weighted by atomic mass is 16.2. The first-order valence-electron chi connectivity index (χ1n) is 27.7. The third-order valence-electron chi connectivity index (χ3n) is 14.7. The Hall–Kier alpha value is -8.60. The minimum Gasteiger partial charge on any atom is -0.400 e. The molecule has 0 atom stereocenters. The van der Waals surface area contributed by atoms with Crippen molar-refractivity contribution in [2.24, 2.45) is 0 Å². The maximum Gasteiger partial charge on any atom is 0.0713 e. The number of hydrogen-bond acceptors (Lipinski definition) is 2. The first kappa shape index (κ1) is 55.6. The number of hydrogen-bond donors (Lipinski definition) is 2. The monoisotopic (exact) mass is 1020 g/mol. The van der Waals surface area contributed by atoms with Crippen molar-refractivity contribution in [2.45, 2.75) is 59.8 Å². The molecule has 12 aromatic carbocycles. The van der Waals surface area contributed by atoms with E-state index < -0.39 is 0 Å². The van der Waals surface area contributed by atoms with E-state index in [1.165, 1.54) is 115 Å². The Bertz CT molecular complexity index is 3820. The summed E-state index contributed by atoms with van der Waals surface area (Å²) >= 11 is 0. The second kappa shape index (κ2) is 26.4. The molecule has 0 spiro atoms. The van der Waals surface area contributed by atoms with Crippen LogP contribution in [0.5, 0.6) is 0 Å². The first-order chi connectivity index (χ1) is 38.6. The molecule has 0 bridgehead atoms. The van der Waals surface area contributed by atoms with Crippen molar-refractivity contribution >= 4 is 64.9 Å². The largest absolute Gasteiger partial charge is 0.400 e. The number of aliphatic hydroxyl groups is 2. The van der Waals surface area contributed by atoms with Crippen molar-refractivity contribution in [1.29, 1.82) is 0 Å². The molecule has 0 saturated carbocycles. The highest BCUT2D eigenvalue weighted by molar-refractivity contribution is 6.29. The number of fused-ring (bicyclic) bond motifs is 12. The molecule has 13 aromatic rings. The molecule has 0 aliphatic heterocycles. The second-order valence-corrected chi connectivity index (χ2v) is 18.5. The van der Waals surface area contributed by atoms with Crippen LogP contribution in [0.2, 0.25) is 0 Å². The van der Waals surface area contributed by atoms with Crippen LogP contribution >= 0.6 is 0 Å². The van der Waals surface area contributed by atoms with Gasteiger partial charge in [-0.1, -0.05) is 272 Å². The molecule has 1 aliphatic rings. The third kappa shape index (κ3) is 10.5. The zero-order valence-electron chi connectivity index (χ0n) is 46.6. The van der Waals surface area contributed by atoms with E-state index in [2.05, 4.69) is 279 Å². The lowest BCUT2D eigenvalue weighted by Crippen LogP contribution is -2.28. The smallest absolute Gasteiger partial charge is 0.0713 e. The van der Waals surface area contributed by atoms with E-state index in [0.717, 1.165) is 27.1 Å². The minimum absolute atomic E-state index is 0.254. The summed E-state index contributed by atoms with van der Waals surface area (Å²) in [6, 6.07) is 94.9. The van der Waals surface area contributed by atoms with Gasteiger partial charge in [0.25, 0.3) is 0 Å². The number of aryl methyl sites for hydroxylation is 2. The van der Waals surface area contributed by atoms with Gasteiger partial charge in [-0.2, -0.15) is 0 Å². The van der Waals surface area contributed by atoms with Gasteiger partial charge in [0.15, 0.2) is 0 Å². The fraction of sp³-hybridized carbons (Fsp3) is 0.147. The summed E-state index contributed by atoms with van der Waals surface area (Å²) in [7, 11) is 2.00. The second-order valence-electron chi connectivity index (χ2n) is 18.5. The van der Waals surface area contributed by atoms with Crippen molar-refractivity contribution in [3.63, 3.8) is 0 Å². The van der Waals surface area contributed by atoms with E-state index in [-0.39, 0.29) is 5.41 Å². The maximum absolute atomic E-state index is 7.00. The Morgan fingerprint density at radius 2 is 0.692 bits per heavy atom. The van der Waals surface area contributed by atoms with Gasteiger partial charge < -0.3 is 14.8 Å². The van der Waals surface area contributed by atoms with Crippen molar-refractivity contribution < 1.29 is 10.2 Å². The van der Waals surface area contributed by atoms with Gasteiger partial charge in [0.2, 0.25) is 0 Å². The Labute approximate surface area is 462 Å². The highest BCUT2D eigenvalue weighted by Crippen LogP contribution is 2.56. The summed E-state index contributed by atoms with van der Waals surface area (Å²) in [6.07, 6.45) is 2.29. The first-order valence-corrected chi connectivity index (χ1v) is 27.7. The summed E-state index contributed by atoms with van der Waals surface area (Å²) in [5, 5.41) is 26.9. The molecular weight excluding hydrogens is 947 g/mol. The molecule has 0 saturated heterocycles. The molecule has 3 heteroatoms. The van der Waals surface area contributed by atoms with Gasteiger partial charge in [-0.15, -0.1) is 0 Å². The summed E-state index contributed by atoms with van der Waals surface area (Å²) in [6.45, 7) is 12.4. The normalized spacial score (nSPS) is 11.4. The fourth-order valence-electron chi connectivity index (χ4n) is 11.4. The molecule has 3 nitrogen and oxygen atoms in total. The van der Waals surface area contributed by atoms with Crippen LogP contribution in [0.3, 0.4) is 0 Å². The van der Waals surface area contributed by atoms with Crippen LogP contribution in [-0.4, -0.2) is 29.0 Å². The van der Waals surface area contributed by atoms with Gasteiger partial charge in [-0.25, -0.2) is 0 Å². The number of aliphatic hydroxyl groups excluding tert-OH is 2. The molecule has 1 aromatic heterocycles. The third-order valence-corrected chi connectivity index (χ3v) is 14.7. The van der Waals surface area contributed by atoms with E-state index in [9.17, 15) is 0 Å². The molecule has 0 unspecified atom stereocenters. The molecule has 14 rings (SSSR count). The Balaban J connectivity index is 0.000000163. The molecular formula is C75H73NO2. The zero-order valence-corrected chi connectivity index (χ0v) is 46.6. The highest BCUT2D eigenvalue weighted by Gasteiger charge is 2.45. The van der Waals surface area contributed by atoms with Crippen LogP contribution < -0.4 is 0 Å². The number of nitrogens with zero attached hydrogens (tertiary/aromatic N) is 1. The molecule has 1 aliphatic carbocycles. The molecule has 1 heterocycles. The predicted octanol–water partition coefficient (Wildman–Crippen LogP) is 19.5. The molecule has 390 valence electrons. The van der Waals surface area contributed by atoms with E-state index in [1.54, 1.807) is 0 Å². The van der Waals surface area contributed by atoms with Gasteiger partial charge in [0.1, 0.15) is 0 Å². The maximum atomic E-state index is 7.00. The van der Waals surface area contributed by atoms with Gasteiger partial charge >= 0.3 is 0 Å². The number of rotatable bonds is 5. The number of aromatic nitrogens is 1. The zero-order chi connectivity index (χ0) is 55.0. The van der Waals surface area contributed by atoms with Crippen LogP contribution in [0, 0.1) is 0 Å². The average molecular weight is 1020 g/mol. The predicted molar refractivity (Wildman–Crippen MR) is 339 cm³/mol. The topological polar surface area (TPSA) is 45.4 Å². The molecule has 2 N–H and O–H groups in total. The summed E-state index contributed by atoms with van der Waals surface area (Å²) in [5.74, 6) is 0. The summed E-state index contributed by atoms with van der Waals surface area (Å²) in [4.78, 5) is 0. The lowest BCUT2D eigenvalue weighted by Gasteiger charge is -2.33. The van der Waals surface area contributed by atoms with Crippen LogP contribution in [0.25, 0.3) is 81.7 Å². The standard InChI is InChI=1S/C34H21N.C25H18.C10H14.2C2H6.2CH4O/c1-2-11-25-21-29-26(20-24(25)10-1)12-7-15-30(29)35-31-18-16-22-8-3-5-13-27(22)33(31)34-28-14-6-4-9-23(28)17-19-32(34)35;1-3-11-19(12-4-1)25(20-13-5-2-6-14-20)23-17-9-7-15-21(23)22-16-8-10-18-24(22)25;1-3-9-5-7-10(4-2)8-6-9;4*1-2/h1-21H;1-18H;5-8H,3-4H2,1-2H3;2*1-2H3;2*2H,1H3. The molecule has 78 heavy (non-hydrogen) atoms. The van der Waals surface area contributed by atoms with Gasteiger partial charge in [0.05, 0.1) is 22.1 Å². The van der Waals surface area contributed by atoms with Crippen molar-refractivity contribution in [3.8, 4) is 16.8 Å². The van der Waals surface area contributed by atoms with Crippen LogP contribution in [0.4, 0.5) is 0 Å². The van der Waals surface area contributed by atoms with Crippen molar-refractivity contribution in [1.82, 2.24) is 4.57 Å². The number of benzene rings is 12. The lowest BCUT2D eigenvalue weighted by atomic mass is 9.68. The minimum atomic E-state index is -0.254. The van der Waals surface area contributed by atoms with Crippen molar-refractivity contribution in [3.05, 3.63) is 294 Å². The Morgan fingerprint density at radius 3 is 1.14 bits per heavy atom. The van der Waals surface area contributed by atoms with E-state index >= 15 is 0 Å². The van der Waals surface area contributed by atoms with Gasteiger partial charge in [0, 0.05) is 30.4 Å². The molecule has 0 amide bonds. The molecule has 0 radical (unpaired) electrons.